The van der Waals surface area contributed by atoms with Crippen molar-refractivity contribution in [3.63, 3.8) is 0 Å². The van der Waals surface area contributed by atoms with Crippen molar-refractivity contribution in [2.75, 3.05) is 20.6 Å². The number of guanidine groups is 1. The molecule has 0 aliphatic carbocycles. The van der Waals surface area contributed by atoms with E-state index in [1.165, 1.54) is 6.07 Å². The molecule has 28 heavy (non-hydrogen) atoms. The summed E-state index contributed by atoms with van der Waals surface area (Å²) in [6.07, 6.45) is 0. The van der Waals surface area contributed by atoms with Crippen LogP contribution in [0.1, 0.15) is 28.4 Å². The summed E-state index contributed by atoms with van der Waals surface area (Å²) in [5.74, 6) is 0.327. The van der Waals surface area contributed by atoms with Gasteiger partial charge < -0.3 is 15.5 Å². The monoisotopic (exact) mass is 562 g/mol. The molecule has 5 nitrogen and oxygen atoms in total. The summed E-state index contributed by atoms with van der Waals surface area (Å²) in [5, 5.41) is 6.41. The standard InChI is InChI=1S/C20H24BrFN4O.HI/c1-4-23-20(25-13-15-7-10-17(21)18(22)11-15)24-12-14-5-8-16(9-6-14)19(27)26(2)3;/h5-11H,4,12-13H2,1-3H3,(H2,23,24,25);1H. The summed E-state index contributed by atoms with van der Waals surface area (Å²) < 4.78 is 14.0. The van der Waals surface area contributed by atoms with Crippen LogP contribution in [0.25, 0.3) is 0 Å². The quantitative estimate of drug-likeness (QED) is 0.316. The van der Waals surface area contributed by atoms with Crippen LogP contribution in [-0.2, 0) is 13.1 Å². The minimum absolute atomic E-state index is 0. The first-order valence-corrected chi connectivity index (χ1v) is 9.46. The van der Waals surface area contributed by atoms with E-state index >= 15 is 0 Å². The number of rotatable bonds is 6. The fourth-order valence-electron chi connectivity index (χ4n) is 2.36. The van der Waals surface area contributed by atoms with Gasteiger partial charge in [-0.15, -0.1) is 24.0 Å². The third-order valence-electron chi connectivity index (χ3n) is 3.82. The first kappa shape index (κ1) is 24.4. The van der Waals surface area contributed by atoms with E-state index in [0.29, 0.717) is 29.1 Å². The topological polar surface area (TPSA) is 56.7 Å². The summed E-state index contributed by atoms with van der Waals surface area (Å²) in [6, 6.07) is 12.4. The minimum Gasteiger partial charge on any atom is -0.357 e. The summed E-state index contributed by atoms with van der Waals surface area (Å²) in [7, 11) is 3.46. The van der Waals surface area contributed by atoms with E-state index in [9.17, 15) is 9.18 Å². The predicted octanol–water partition coefficient (Wildman–Crippen LogP) is 4.16. The number of benzene rings is 2. The van der Waals surface area contributed by atoms with Crippen LogP contribution in [-0.4, -0.2) is 37.4 Å². The van der Waals surface area contributed by atoms with Crippen molar-refractivity contribution >= 4 is 51.8 Å². The maximum atomic E-state index is 13.6. The highest BCUT2D eigenvalue weighted by Crippen LogP contribution is 2.16. The van der Waals surface area contributed by atoms with Gasteiger partial charge in [0.2, 0.25) is 0 Å². The Balaban J connectivity index is 0.00000392. The molecule has 0 unspecified atom stereocenters. The number of amides is 1. The molecule has 0 aromatic heterocycles. The van der Waals surface area contributed by atoms with Crippen molar-refractivity contribution in [1.82, 2.24) is 15.5 Å². The Morgan fingerprint density at radius 3 is 2.32 bits per heavy atom. The highest BCUT2D eigenvalue weighted by molar-refractivity contribution is 14.0. The van der Waals surface area contributed by atoms with E-state index in [4.69, 9.17) is 0 Å². The molecule has 0 aliphatic rings. The van der Waals surface area contributed by atoms with E-state index in [1.54, 1.807) is 25.1 Å². The summed E-state index contributed by atoms with van der Waals surface area (Å²) in [4.78, 5) is 18.0. The first-order valence-electron chi connectivity index (χ1n) is 8.67. The third kappa shape index (κ3) is 7.38. The maximum absolute atomic E-state index is 13.6. The average molecular weight is 563 g/mol. The van der Waals surface area contributed by atoms with Gasteiger partial charge in [-0.2, -0.15) is 0 Å². The van der Waals surface area contributed by atoms with Crippen LogP contribution in [0.2, 0.25) is 0 Å². The molecule has 2 aromatic rings. The fourth-order valence-corrected chi connectivity index (χ4v) is 2.61. The van der Waals surface area contributed by atoms with Crippen molar-refractivity contribution in [3.8, 4) is 0 Å². The van der Waals surface area contributed by atoms with E-state index in [0.717, 1.165) is 17.7 Å². The van der Waals surface area contributed by atoms with Crippen LogP contribution in [0, 0.1) is 5.82 Å². The van der Waals surface area contributed by atoms with Gasteiger partial charge in [0, 0.05) is 32.7 Å². The lowest BCUT2D eigenvalue weighted by Crippen LogP contribution is -2.36. The van der Waals surface area contributed by atoms with Crippen molar-refractivity contribution < 1.29 is 9.18 Å². The van der Waals surface area contributed by atoms with Crippen molar-refractivity contribution in [2.24, 2.45) is 4.99 Å². The van der Waals surface area contributed by atoms with Gasteiger partial charge in [-0.1, -0.05) is 18.2 Å². The Bertz CT molecular complexity index is 812. The zero-order chi connectivity index (χ0) is 19.8. The Hall–Kier alpha value is -1.68. The number of halogens is 3. The van der Waals surface area contributed by atoms with Gasteiger partial charge in [-0.3, -0.25) is 4.79 Å². The van der Waals surface area contributed by atoms with Crippen LogP contribution in [0.15, 0.2) is 51.9 Å². The molecule has 0 saturated carbocycles. The van der Waals surface area contributed by atoms with Gasteiger partial charge in [-0.05, 0) is 58.2 Å². The SMILES string of the molecule is CCNC(=NCc1ccc(Br)c(F)c1)NCc1ccc(C(=O)N(C)C)cc1.I. The number of nitrogens with one attached hydrogen (secondary N) is 2. The smallest absolute Gasteiger partial charge is 0.253 e. The molecule has 2 N–H and O–H groups in total. The Morgan fingerprint density at radius 1 is 1.11 bits per heavy atom. The lowest BCUT2D eigenvalue weighted by atomic mass is 10.1. The Morgan fingerprint density at radius 2 is 1.75 bits per heavy atom. The molecule has 8 heteroatoms. The molecule has 0 atom stereocenters. The zero-order valence-electron chi connectivity index (χ0n) is 16.1. The highest BCUT2D eigenvalue weighted by Gasteiger charge is 2.07. The molecule has 0 radical (unpaired) electrons. The van der Waals surface area contributed by atoms with Crippen molar-refractivity contribution in [2.45, 2.75) is 20.0 Å². The minimum atomic E-state index is -0.298. The Labute approximate surface area is 191 Å². The normalized spacial score (nSPS) is 10.8. The van der Waals surface area contributed by atoms with Crippen LogP contribution < -0.4 is 10.6 Å². The molecule has 152 valence electrons. The third-order valence-corrected chi connectivity index (χ3v) is 4.46. The molecule has 0 spiro atoms. The van der Waals surface area contributed by atoms with Crippen LogP contribution >= 0.6 is 39.9 Å². The largest absolute Gasteiger partial charge is 0.357 e. The van der Waals surface area contributed by atoms with Crippen LogP contribution in [0.4, 0.5) is 4.39 Å². The number of carbonyl (C=O) groups is 1. The van der Waals surface area contributed by atoms with E-state index in [-0.39, 0.29) is 35.7 Å². The van der Waals surface area contributed by atoms with E-state index in [1.807, 2.05) is 37.3 Å². The molecule has 0 bridgehead atoms. The van der Waals surface area contributed by atoms with Crippen molar-refractivity contribution in [1.29, 1.82) is 0 Å². The van der Waals surface area contributed by atoms with Gasteiger partial charge in [0.25, 0.3) is 5.91 Å². The molecule has 0 aliphatic heterocycles. The van der Waals surface area contributed by atoms with Crippen LogP contribution in [0.3, 0.4) is 0 Å². The Kier molecular flexibility index (Phi) is 10.4. The van der Waals surface area contributed by atoms with Gasteiger partial charge in [-0.25, -0.2) is 9.38 Å². The second-order valence-electron chi connectivity index (χ2n) is 6.19. The zero-order valence-corrected chi connectivity index (χ0v) is 20.0. The van der Waals surface area contributed by atoms with Gasteiger partial charge in [0.15, 0.2) is 5.96 Å². The predicted molar refractivity (Wildman–Crippen MR) is 126 cm³/mol. The number of hydrogen-bond donors (Lipinski definition) is 2. The maximum Gasteiger partial charge on any atom is 0.253 e. The first-order chi connectivity index (χ1) is 12.9. The molecule has 2 rings (SSSR count). The lowest BCUT2D eigenvalue weighted by molar-refractivity contribution is 0.0827. The number of aliphatic imine (C=N–C) groups is 1. The number of carbonyl (C=O) groups excluding carboxylic acids is 1. The highest BCUT2D eigenvalue weighted by atomic mass is 127. The molecule has 2 aromatic carbocycles. The fraction of sp³-hybridized carbons (Fsp3) is 0.300. The molecular weight excluding hydrogens is 538 g/mol. The summed E-state index contributed by atoms with van der Waals surface area (Å²) in [5.41, 5.74) is 2.48. The molecule has 0 fully saturated rings. The van der Waals surface area contributed by atoms with Crippen LogP contribution in [0.5, 0.6) is 0 Å². The second-order valence-corrected chi connectivity index (χ2v) is 7.05. The number of nitrogens with zero attached hydrogens (tertiary/aromatic N) is 2. The van der Waals surface area contributed by atoms with Gasteiger partial charge in [0.1, 0.15) is 5.82 Å². The molecule has 0 saturated heterocycles. The summed E-state index contributed by atoms with van der Waals surface area (Å²) >= 11 is 3.15. The molecular formula is C20H25BrFIN4O. The molecule has 0 heterocycles. The van der Waals surface area contributed by atoms with Gasteiger partial charge in [0.05, 0.1) is 11.0 Å². The second kappa shape index (κ2) is 12.0. The van der Waals surface area contributed by atoms with Gasteiger partial charge >= 0.3 is 0 Å². The lowest BCUT2D eigenvalue weighted by Gasteiger charge is -2.13. The van der Waals surface area contributed by atoms with Crippen molar-refractivity contribution in [3.05, 3.63) is 69.4 Å². The van der Waals surface area contributed by atoms with E-state index < -0.39 is 0 Å². The number of hydrogen-bond acceptors (Lipinski definition) is 2. The summed E-state index contributed by atoms with van der Waals surface area (Å²) in [6.45, 7) is 3.64. The van der Waals surface area contributed by atoms with E-state index in [2.05, 4.69) is 31.6 Å². The molecule has 1 amide bonds. The average Bonchev–Trinajstić information content (AvgIpc) is 2.66.